The van der Waals surface area contributed by atoms with Crippen molar-refractivity contribution in [2.45, 2.75) is 38.1 Å². The highest BCUT2D eigenvalue weighted by Crippen LogP contribution is 2.35. The number of pyridine rings is 2. The zero-order chi connectivity index (χ0) is 25.2. The van der Waals surface area contributed by atoms with Crippen molar-refractivity contribution in [3.8, 4) is 22.6 Å². The Morgan fingerprint density at radius 3 is 2.57 bits per heavy atom. The van der Waals surface area contributed by atoms with Gasteiger partial charge in [0.2, 0.25) is 0 Å². The minimum Gasteiger partial charge on any atom is -0.456 e. The zero-order valence-corrected chi connectivity index (χ0v) is 22.6. The van der Waals surface area contributed by atoms with Crippen LogP contribution in [0.25, 0.3) is 21.3 Å². The number of halogens is 1. The van der Waals surface area contributed by atoms with Gasteiger partial charge in [-0.2, -0.15) is 0 Å². The summed E-state index contributed by atoms with van der Waals surface area (Å²) in [6.07, 6.45) is 9.92. The highest BCUT2D eigenvalue weighted by atomic mass is 35.5. The van der Waals surface area contributed by atoms with Crippen molar-refractivity contribution < 1.29 is 4.74 Å². The molecular formula is C28H31ClN6OS. The number of anilines is 2. The van der Waals surface area contributed by atoms with Crippen molar-refractivity contribution in [2.75, 3.05) is 43.4 Å². The molecule has 1 saturated carbocycles. The summed E-state index contributed by atoms with van der Waals surface area (Å²) in [5.41, 5.74) is 2.70. The maximum atomic E-state index is 6.48. The second kappa shape index (κ2) is 10.8. The van der Waals surface area contributed by atoms with Gasteiger partial charge in [-0.1, -0.05) is 42.2 Å². The Bertz CT molecular complexity index is 1360. The zero-order valence-electron chi connectivity index (χ0n) is 21.0. The molecule has 4 aromatic rings. The molecular weight excluding hydrogens is 504 g/mol. The fraction of sp³-hybridized carbons (Fsp3) is 0.393. The fourth-order valence-electron chi connectivity index (χ4n) is 5.04. The van der Waals surface area contributed by atoms with Gasteiger partial charge < -0.3 is 19.9 Å². The van der Waals surface area contributed by atoms with E-state index in [1.807, 2.05) is 30.5 Å². The predicted molar refractivity (Wildman–Crippen MR) is 152 cm³/mol. The third kappa shape index (κ3) is 5.66. The molecule has 9 heteroatoms. The summed E-state index contributed by atoms with van der Waals surface area (Å²) < 4.78 is 7.29. The Morgan fingerprint density at radius 2 is 1.78 bits per heavy atom. The van der Waals surface area contributed by atoms with E-state index in [1.54, 1.807) is 17.5 Å². The summed E-state index contributed by atoms with van der Waals surface area (Å²) in [6.45, 7) is 4.06. The monoisotopic (exact) mass is 534 g/mol. The van der Waals surface area contributed by atoms with E-state index < -0.39 is 0 Å². The van der Waals surface area contributed by atoms with Crippen LogP contribution < -0.4 is 15.0 Å². The van der Waals surface area contributed by atoms with Crippen LogP contribution in [0.4, 0.5) is 10.9 Å². The van der Waals surface area contributed by atoms with Crippen LogP contribution >= 0.6 is 22.9 Å². The number of benzene rings is 1. The molecule has 3 aromatic heterocycles. The van der Waals surface area contributed by atoms with Gasteiger partial charge in [0, 0.05) is 55.6 Å². The largest absolute Gasteiger partial charge is 0.456 e. The topological polar surface area (TPSA) is 66.4 Å². The maximum absolute atomic E-state index is 6.48. The molecule has 1 N–H and O–H groups in total. The van der Waals surface area contributed by atoms with E-state index in [1.165, 1.54) is 32.1 Å². The van der Waals surface area contributed by atoms with Gasteiger partial charge in [0.15, 0.2) is 5.13 Å². The fourth-order valence-corrected chi connectivity index (χ4v) is 6.23. The number of rotatable bonds is 6. The number of hydrogen-bond acceptors (Lipinski definition) is 8. The van der Waals surface area contributed by atoms with E-state index in [4.69, 9.17) is 26.3 Å². The number of fused-ring (bicyclic) bond motifs is 1. The lowest BCUT2D eigenvalue weighted by Gasteiger charge is -2.33. The Labute approximate surface area is 226 Å². The van der Waals surface area contributed by atoms with Gasteiger partial charge in [0.25, 0.3) is 0 Å². The molecule has 0 spiro atoms. The van der Waals surface area contributed by atoms with E-state index in [9.17, 15) is 0 Å². The molecule has 1 aromatic carbocycles. The van der Waals surface area contributed by atoms with Gasteiger partial charge in [0.1, 0.15) is 22.5 Å². The standard InChI is InChI=1S/C28H31ClN6OS/c1-34-11-13-35(14-12-34)26-10-7-19(17-30-26)23-15-22(18-31-27(23)29)36-21-8-9-24-25(16-21)37-28(33-24)32-20-5-3-2-4-6-20/h7-10,15-18,20H,2-6,11-14H2,1H3,(H,32,33). The number of likely N-dealkylation sites (N-methyl/N-ethyl adjacent to an activating group) is 1. The number of ether oxygens (including phenoxy) is 1. The summed E-state index contributed by atoms with van der Waals surface area (Å²) in [6, 6.07) is 12.6. The van der Waals surface area contributed by atoms with Crippen molar-refractivity contribution in [1.29, 1.82) is 0 Å². The first-order valence-corrected chi connectivity index (χ1v) is 14.2. The quantitative estimate of drug-likeness (QED) is 0.276. The van der Waals surface area contributed by atoms with Crippen molar-refractivity contribution in [3.05, 3.63) is 53.9 Å². The summed E-state index contributed by atoms with van der Waals surface area (Å²) in [7, 11) is 2.15. The Morgan fingerprint density at radius 1 is 0.946 bits per heavy atom. The van der Waals surface area contributed by atoms with Gasteiger partial charge in [-0.15, -0.1) is 0 Å². The number of piperazine rings is 1. The molecule has 37 heavy (non-hydrogen) atoms. The van der Waals surface area contributed by atoms with Crippen LogP contribution in [0, 0.1) is 0 Å². The van der Waals surface area contributed by atoms with Crippen molar-refractivity contribution >= 4 is 44.1 Å². The molecule has 6 rings (SSSR count). The number of nitrogens with zero attached hydrogens (tertiary/aromatic N) is 5. The number of thiazole rings is 1. The molecule has 1 saturated heterocycles. The molecule has 0 bridgehead atoms. The van der Waals surface area contributed by atoms with Crippen LogP contribution in [-0.4, -0.2) is 59.1 Å². The molecule has 1 aliphatic carbocycles. The summed E-state index contributed by atoms with van der Waals surface area (Å²) >= 11 is 8.15. The summed E-state index contributed by atoms with van der Waals surface area (Å²) in [5.74, 6) is 2.37. The Balaban J connectivity index is 1.17. The van der Waals surface area contributed by atoms with E-state index in [0.717, 1.165) is 64.2 Å². The smallest absolute Gasteiger partial charge is 0.184 e. The van der Waals surface area contributed by atoms with E-state index in [0.29, 0.717) is 16.9 Å². The van der Waals surface area contributed by atoms with Crippen molar-refractivity contribution in [2.24, 2.45) is 0 Å². The van der Waals surface area contributed by atoms with Crippen molar-refractivity contribution in [1.82, 2.24) is 19.9 Å². The van der Waals surface area contributed by atoms with Crippen molar-refractivity contribution in [3.63, 3.8) is 0 Å². The first kappa shape index (κ1) is 24.4. The minimum absolute atomic E-state index is 0.429. The SMILES string of the molecule is CN1CCN(c2ccc(-c3cc(Oc4ccc5nc(NC6CCCCC6)sc5c4)cnc3Cl)cn2)CC1. The third-order valence-electron chi connectivity index (χ3n) is 7.23. The maximum Gasteiger partial charge on any atom is 0.184 e. The molecule has 0 amide bonds. The van der Waals surface area contributed by atoms with Gasteiger partial charge in [0.05, 0.1) is 16.4 Å². The van der Waals surface area contributed by atoms with Crippen LogP contribution in [-0.2, 0) is 0 Å². The number of nitrogens with one attached hydrogen (secondary N) is 1. The van der Waals surface area contributed by atoms with Gasteiger partial charge in [-0.3, -0.25) is 0 Å². The molecule has 4 heterocycles. The normalized spacial score (nSPS) is 17.3. The van der Waals surface area contributed by atoms with Gasteiger partial charge in [-0.25, -0.2) is 15.0 Å². The first-order valence-electron chi connectivity index (χ1n) is 13.0. The molecule has 0 unspecified atom stereocenters. The molecule has 0 radical (unpaired) electrons. The van der Waals surface area contributed by atoms with Crippen LogP contribution in [0.3, 0.4) is 0 Å². The number of aromatic nitrogens is 3. The van der Waals surface area contributed by atoms with Gasteiger partial charge >= 0.3 is 0 Å². The summed E-state index contributed by atoms with van der Waals surface area (Å²) in [5, 5.41) is 5.05. The molecule has 7 nitrogen and oxygen atoms in total. The lowest BCUT2D eigenvalue weighted by atomic mass is 9.96. The summed E-state index contributed by atoms with van der Waals surface area (Å²) in [4.78, 5) is 18.5. The third-order valence-corrected chi connectivity index (χ3v) is 8.48. The molecule has 192 valence electrons. The van der Waals surface area contributed by atoms with E-state index in [2.05, 4.69) is 39.3 Å². The van der Waals surface area contributed by atoms with Crippen LogP contribution in [0.1, 0.15) is 32.1 Å². The van der Waals surface area contributed by atoms with Crippen LogP contribution in [0.5, 0.6) is 11.5 Å². The second-order valence-electron chi connectivity index (χ2n) is 9.93. The first-order chi connectivity index (χ1) is 18.1. The molecule has 2 fully saturated rings. The Hall–Kier alpha value is -2.94. The molecule has 1 aliphatic heterocycles. The van der Waals surface area contributed by atoms with E-state index in [-0.39, 0.29) is 0 Å². The highest BCUT2D eigenvalue weighted by Gasteiger charge is 2.17. The lowest BCUT2D eigenvalue weighted by molar-refractivity contribution is 0.312. The van der Waals surface area contributed by atoms with E-state index >= 15 is 0 Å². The average molecular weight is 535 g/mol. The second-order valence-corrected chi connectivity index (χ2v) is 11.3. The average Bonchev–Trinajstić information content (AvgIpc) is 3.32. The van der Waals surface area contributed by atoms with Crippen LogP contribution in [0.15, 0.2) is 48.8 Å². The Kier molecular flexibility index (Phi) is 7.13. The van der Waals surface area contributed by atoms with Gasteiger partial charge in [-0.05, 0) is 50.2 Å². The minimum atomic E-state index is 0.429. The molecule has 2 aliphatic rings. The number of hydrogen-bond donors (Lipinski definition) is 1. The van der Waals surface area contributed by atoms with Crippen LogP contribution in [0.2, 0.25) is 5.15 Å². The predicted octanol–water partition coefficient (Wildman–Crippen LogP) is 6.70. The highest BCUT2D eigenvalue weighted by molar-refractivity contribution is 7.22. The molecule has 0 atom stereocenters. The lowest BCUT2D eigenvalue weighted by Crippen LogP contribution is -2.44.